The Hall–Kier alpha value is -1.35. The Morgan fingerprint density at radius 3 is 2.80 bits per heavy atom. The van der Waals surface area contributed by atoms with Crippen molar-refractivity contribution in [3.63, 3.8) is 0 Å². The highest BCUT2D eigenvalue weighted by Crippen LogP contribution is 2.19. The van der Waals surface area contributed by atoms with Crippen molar-refractivity contribution < 1.29 is 0 Å². The first-order valence-corrected chi connectivity index (χ1v) is 7.91. The number of nitrogens with zero attached hydrogens (tertiary/aromatic N) is 2. The molecule has 1 unspecified atom stereocenters. The molecule has 1 heterocycles. The van der Waals surface area contributed by atoms with E-state index >= 15 is 0 Å². The average molecular weight is 273 g/mol. The summed E-state index contributed by atoms with van der Waals surface area (Å²) < 4.78 is 2.40. The molecule has 3 nitrogen and oxygen atoms in total. The number of benzene rings is 1. The van der Waals surface area contributed by atoms with E-state index in [1.165, 1.54) is 17.8 Å². The number of hydrogen-bond donors (Lipinski definition) is 1. The number of nitrogens with one attached hydrogen (secondary N) is 1. The Balaban J connectivity index is 2.13. The molecule has 0 radical (unpaired) electrons. The van der Waals surface area contributed by atoms with E-state index in [9.17, 15) is 0 Å². The van der Waals surface area contributed by atoms with Crippen LogP contribution >= 0.6 is 0 Å². The van der Waals surface area contributed by atoms with Crippen molar-refractivity contribution in [3.05, 3.63) is 30.1 Å². The van der Waals surface area contributed by atoms with Gasteiger partial charge in [0.25, 0.3) is 0 Å². The molecule has 3 heteroatoms. The highest BCUT2D eigenvalue weighted by atomic mass is 15.1. The minimum Gasteiger partial charge on any atom is -0.328 e. The summed E-state index contributed by atoms with van der Waals surface area (Å²) in [5.41, 5.74) is 2.41. The molecule has 110 valence electrons. The van der Waals surface area contributed by atoms with Crippen LogP contribution in [0.4, 0.5) is 0 Å². The standard InChI is InChI=1S/C17H27N3/c1-4-12-20-16-9-7-6-8-15(16)19-17(20)13-14(3)10-11-18-5-2/h6-9,14,18H,4-5,10-13H2,1-3H3. The Morgan fingerprint density at radius 1 is 1.25 bits per heavy atom. The van der Waals surface area contributed by atoms with Gasteiger partial charge in [0.2, 0.25) is 0 Å². The highest BCUT2D eigenvalue weighted by molar-refractivity contribution is 5.75. The van der Waals surface area contributed by atoms with Crippen molar-refractivity contribution >= 4 is 11.0 Å². The van der Waals surface area contributed by atoms with E-state index < -0.39 is 0 Å². The fraction of sp³-hybridized carbons (Fsp3) is 0.588. The third-order valence-corrected chi connectivity index (χ3v) is 3.78. The normalized spacial score (nSPS) is 12.9. The van der Waals surface area contributed by atoms with E-state index in [2.05, 4.69) is 54.9 Å². The summed E-state index contributed by atoms with van der Waals surface area (Å²) in [6.45, 7) is 9.94. The first-order valence-electron chi connectivity index (χ1n) is 7.91. The summed E-state index contributed by atoms with van der Waals surface area (Å²) in [5, 5.41) is 3.40. The SMILES string of the molecule is CCCn1c(CC(C)CCNCC)nc2ccccc21. The monoisotopic (exact) mass is 273 g/mol. The maximum Gasteiger partial charge on any atom is 0.110 e. The van der Waals surface area contributed by atoms with Gasteiger partial charge in [0, 0.05) is 13.0 Å². The molecule has 1 aromatic carbocycles. The van der Waals surface area contributed by atoms with Crippen LogP contribution in [0.1, 0.15) is 39.4 Å². The summed E-state index contributed by atoms with van der Waals surface area (Å²) in [7, 11) is 0. The van der Waals surface area contributed by atoms with Crippen LogP contribution in [0.15, 0.2) is 24.3 Å². The van der Waals surface area contributed by atoms with Crippen LogP contribution in [-0.4, -0.2) is 22.6 Å². The Labute approximate surface area is 122 Å². The smallest absolute Gasteiger partial charge is 0.110 e. The van der Waals surface area contributed by atoms with Crippen molar-refractivity contribution in [3.8, 4) is 0 Å². The Morgan fingerprint density at radius 2 is 2.05 bits per heavy atom. The largest absolute Gasteiger partial charge is 0.328 e. The zero-order valence-corrected chi connectivity index (χ0v) is 13.0. The number of fused-ring (bicyclic) bond motifs is 1. The quantitative estimate of drug-likeness (QED) is 0.744. The zero-order valence-electron chi connectivity index (χ0n) is 13.0. The van der Waals surface area contributed by atoms with Crippen molar-refractivity contribution in [1.82, 2.24) is 14.9 Å². The summed E-state index contributed by atoms with van der Waals surface area (Å²) in [5.74, 6) is 1.92. The molecule has 1 atom stereocenters. The number of rotatable bonds is 8. The van der Waals surface area contributed by atoms with E-state index in [4.69, 9.17) is 4.98 Å². The molecule has 0 aliphatic carbocycles. The van der Waals surface area contributed by atoms with Gasteiger partial charge in [0.15, 0.2) is 0 Å². The van der Waals surface area contributed by atoms with Gasteiger partial charge in [-0.2, -0.15) is 0 Å². The van der Waals surface area contributed by atoms with Crippen molar-refractivity contribution in [2.75, 3.05) is 13.1 Å². The zero-order chi connectivity index (χ0) is 14.4. The van der Waals surface area contributed by atoms with Crippen molar-refractivity contribution in [2.24, 2.45) is 5.92 Å². The minimum atomic E-state index is 0.668. The lowest BCUT2D eigenvalue weighted by molar-refractivity contribution is 0.482. The van der Waals surface area contributed by atoms with Crippen LogP contribution in [0.3, 0.4) is 0 Å². The molecule has 20 heavy (non-hydrogen) atoms. The third kappa shape index (κ3) is 3.60. The number of para-hydroxylation sites is 2. The van der Waals surface area contributed by atoms with Gasteiger partial charge in [-0.1, -0.05) is 32.9 Å². The average Bonchev–Trinajstić information content (AvgIpc) is 2.78. The Bertz CT molecular complexity index is 530. The molecule has 0 bridgehead atoms. The van der Waals surface area contributed by atoms with Crippen LogP contribution in [-0.2, 0) is 13.0 Å². The molecule has 1 aromatic heterocycles. The van der Waals surface area contributed by atoms with Crippen LogP contribution in [0.5, 0.6) is 0 Å². The highest BCUT2D eigenvalue weighted by Gasteiger charge is 2.12. The van der Waals surface area contributed by atoms with Crippen molar-refractivity contribution in [2.45, 2.75) is 46.6 Å². The van der Waals surface area contributed by atoms with Crippen molar-refractivity contribution in [1.29, 1.82) is 0 Å². The molecule has 2 rings (SSSR count). The molecule has 0 fully saturated rings. The van der Waals surface area contributed by atoms with Gasteiger partial charge in [0.1, 0.15) is 5.82 Å². The van der Waals surface area contributed by atoms with Gasteiger partial charge in [0.05, 0.1) is 11.0 Å². The lowest BCUT2D eigenvalue weighted by Crippen LogP contribution is -2.18. The molecular weight excluding hydrogens is 246 g/mol. The summed E-state index contributed by atoms with van der Waals surface area (Å²) >= 11 is 0. The number of hydrogen-bond acceptors (Lipinski definition) is 2. The molecule has 0 spiro atoms. The van der Waals surface area contributed by atoms with E-state index in [1.54, 1.807) is 0 Å². The third-order valence-electron chi connectivity index (χ3n) is 3.78. The van der Waals surface area contributed by atoms with Gasteiger partial charge < -0.3 is 9.88 Å². The predicted octanol–water partition coefficient (Wildman–Crippen LogP) is 3.62. The first kappa shape index (κ1) is 15.0. The van der Waals surface area contributed by atoms with Gasteiger partial charge >= 0.3 is 0 Å². The molecule has 0 saturated carbocycles. The second-order valence-electron chi connectivity index (χ2n) is 5.62. The maximum atomic E-state index is 4.84. The lowest BCUT2D eigenvalue weighted by Gasteiger charge is -2.13. The van der Waals surface area contributed by atoms with Gasteiger partial charge in [-0.15, -0.1) is 0 Å². The predicted molar refractivity (Wildman–Crippen MR) is 86.1 cm³/mol. The second kappa shape index (κ2) is 7.44. The molecule has 1 N–H and O–H groups in total. The molecule has 0 amide bonds. The second-order valence-corrected chi connectivity index (χ2v) is 5.62. The molecule has 0 aliphatic heterocycles. The fourth-order valence-corrected chi connectivity index (χ4v) is 2.69. The minimum absolute atomic E-state index is 0.668. The molecule has 2 aromatic rings. The molecular formula is C17H27N3. The lowest BCUT2D eigenvalue weighted by atomic mass is 10.0. The fourth-order valence-electron chi connectivity index (χ4n) is 2.69. The summed E-state index contributed by atoms with van der Waals surface area (Å²) in [4.78, 5) is 4.84. The number of aryl methyl sites for hydroxylation is 1. The number of aromatic nitrogens is 2. The topological polar surface area (TPSA) is 29.9 Å². The van der Waals surface area contributed by atoms with Gasteiger partial charge in [-0.05, 0) is 44.0 Å². The van der Waals surface area contributed by atoms with Gasteiger partial charge in [-0.3, -0.25) is 0 Å². The van der Waals surface area contributed by atoms with E-state index in [1.807, 2.05) is 0 Å². The maximum absolute atomic E-state index is 4.84. The molecule has 0 saturated heterocycles. The Kier molecular flexibility index (Phi) is 5.60. The first-order chi connectivity index (χ1) is 9.76. The number of imidazole rings is 1. The van der Waals surface area contributed by atoms with Crippen LogP contribution in [0.25, 0.3) is 11.0 Å². The van der Waals surface area contributed by atoms with Crippen LogP contribution in [0, 0.1) is 5.92 Å². The summed E-state index contributed by atoms with van der Waals surface area (Å²) in [6.07, 6.45) is 3.43. The van der Waals surface area contributed by atoms with E-state index in [0.717, 1.165) is 38.0 Å². The van der Waals surface area contributed by atoms with E-state index in [-0.39, 0.29) is 0 Å². The molecule has 0 aliphatic rings. The summed E-state index contributed by atoms with van der Waals surface area (Å²) in [6, 6.07) is 8.48. The van der Waals surface area contributed by atoms with Crippen LogP contribution in [0.2, 0.25) is 0 Å². The van der Waals surface area contributed by atoms with Gasteiger partial charge in [-0.25, -0.2) is 4.98 Å². The van der Waals surface area contributed by atoms with E-state index in [0.29, 0.717) is 5.92 Å². The van der Waals surface area contributed by atoms with Crippen LogP contribution < -0.4 is 5.32 Å².